The fraction of sp³-hybridized carbons (Fsp3) is 0.240. The van der Waals surface area contributed by atoms with Crippen molar-refractivity contribution in [3.63, 3.8) is 0 Å². The first kappa shape index (κ1) is 20.6. The molecule has 0 amide bonds. The van der Waals surface area contributed by atoms with Crippen molar-refractivity contribution in [2.24, 2.45) is 0 Å². The number of allylic oxidation sites excluding steroid dienone is 2. The first-order valence-electron chi connectivity index (χ1n) is 9.96. The second kappa shape index (κ2) is 7.23. The third kappa shape index (κ3) is 3.77. The molecule has 4 rings (SSSR count). The molecule has 0 unspecified atom stereocenters. The summed E-state index contributed by atoms with van der Waals surface area (Å²) >= 11 is 0. The Morgan fingerprint density at radius 2 is 1.81 bits per heavy atom. The molecule has 0 saturated carbocycles. The SMILES string of the molecule is CC(C)=CCc1cc(-c2cc(=O)c3c(O)cc4c(c3o2)C=CC(C)(C)O4)cc(O)c1O. The van der Waals surface area contributed by atoms with Gasteiger partial charge in [0.2, 0.25) is 0 Å². The van der Waals surface area contributed by atoms with Crippen molar-refractivity contribution in [2.45, 2.75) is 39.7 Å². The number of hydrogen-bond acceptors (Lipinski definition) is 6. The number of phenols is 3. The molecule has 0 bridgehead atoms. The molecule has 0 saturated heterocycles. The number of aromatic hydroxyl groups is 3. The smallest absolute Gasteiger partial charge is 0.197 e. The van der Waals surface area contributed by atoms with Crippen LogP contribution in [0.4, 0.5) is 0 Å². The van der Waals surface area contributed by atoms with Crippen molar-refractivity contribution >= 4 is 17.0 Å². The Labute approximate surface area is 179 Å². The summed E-state index contributed by atoms with van der Waals surface area (Å²) < 4.78 is 12.0. The average molecular weight is 420 g/mol. The summed E-state index contributed by atoms with van der Waals surface area (Å²) in [7, 11) is 0. The van der Waals surface area contributed by atoms with Crippen LogP contribution < -0.4 is 10.2 Å². The molecular formula is C25H24O6. The topological polar surface area (TPSA) is 100 Å². The highest BCUT2D eigenvalue weighted by atomic mass is 16.5. The summed E-state index contributed by atoms with van der Waals surface area (Å²) in [4.78, 5) is 12.9. The van der Waals surface area contributed by atoms with Gasteiger partial charge < -0.3 is 24.5 Å². The number of phenolic OH excluding ortho intramolecular Hbond substituents is 3. The van der Waals surface area contributed by atoms with Crippen molar-refractivity contribution in [1.82, 2.24) is 0 Å². The number of fused-ring (bicyclic) bond motifs is 3. The Morgan fingerprint density at radius 1 is 1.06 bits per heavy atom. The summed E-state index contributed by atoms with van der Waals surface area (Å²) in [6.07, 6.45) is 5.99. The molecule has 1 aliphatic heterocycles. The van der Waals surface area contributed by atoms with Crippen molar-refractivity contribution in [1.29, 1.82) is 0 Å². The minimum Gasteiger partial charge on any atom is -0.507 e. The Hall–Kier alpha value is -3.67. The fourth-order valence-electron chi connectivity index (χ4n) is 3.59. The summed E-state index contributed by atoms with van der Waals surface area (Å²) in [5.74, 6) is -0.121. The van der Waals surface area contributed by atoms with E-state index in [0.717, 1.165) is 5.57 Å². The monoisotopic (exact) mass is 420 g/mol. The highest BCUT2D eigenvalue weighted by Crippen LogP contribution is 2.41. The van der Waals surface area contributed by atoms with Crippen LogP contribution in [0.3, 0.4) is 0 Å². The molecule has 2 aromatic carbocycles. The molecule has 1 aromatic heterocycles. The molecule has 0 spiro atoms. The second-order valence-electron chi connectivity index (χ2n) is 8.51. The molecule has 160 valence electrons. The van der Waals surface area contributed by atoms with Crippen molar-refractivity contribution in [3.8, 4) is 34.3 Å². The fourth-order valence-corrected chi connectivity index (χ4v) is 3.59. The normalized spacial score (nSPS) is 14.2. The van der Waals surface area contributed by atoms with E-state index in [4.69, 9.17) is 9.15 Å². The van der Waals surface area contributed by atoms with Gasteiger partial charge in [-0.1, -0.05) is 11.6 Å². The second-order valence-corrected chi connectivity index (χ2v) is 8.51. The lowest BCUT2D eigenvalue weighted by atomic mass is 9.99. The molecule has 6 heteroatoms. The van der Waals surface area contributed by atoms with Crippen LogP contribution in [0.25, 0.3) is 28.4 Å². The third-order valence-corrected chi connectivity index (χ3v) is 5.19. The lowest BCUT2D eigenvalue weighted by Crippen LogP contribution is -2.27. The van der Waals surface area contributed by atoms with Crippen LogP contribution in [0.2, 0.25) is 0 Å². The standard InChI is InChI=1S/C25H24O6/c1-13(2)5-6-14-9-15(10-19(28)23(14)29)20-11-17(26)22-18(27)12-21-16(24(22)30-20)7-8-25(3,4)31-21/h5,7-12,27-29H,6H2,1-4H3. The van der Waals surface area contributed by atoms with Gasteiger partial charge in [-0.2, -0.15) is 0 Å². The van der Waals surface area contributed by atoms with E-state index in [2.05, 4.69) is 0 Å². The number of hydrogen-bond donors (Lipinski definition) is 3. The number of rotatable bonds is 3. The summed E-state index contributed by atoms with van der Waals surface area (Å²) in [5, 5.41) is 30.9. The molecule has 0 aliphatic carbocycles. The first-order valence-corrected chi connectivity index (χ1v) is 9.96. The van der Waals surface area contributed by atoms with Crippen molar-refractivity contribution in [2.75, 3.05) is 0 Å². The zero-order chi connectivity index (χ0) is 22.5. The van der Waals surface area contributed by atoms with E-state index in [9.17, 15) is 20.1 Å². The van der Waals surface area contributed by atoms with Crippen molar-refractivity contribution < 1.29 is 24.5 Å². The molecule has 3 aromatic rings. The van der Waals surface area contributed by atoms with Crippen LogP contribution >= 0.6 is 0 Å². The molecule has 0 atom stereocenters. The molecular weight excluding hydrogens is 396 g/mol. The van der Waals surface area contributed by atoms with Crippen molar-refractivity contribution in [3.05, 3.63) is 63.3 Å². The highest BCUT2D eigenvalue weighted by Gasteiger charge is 2.26. The zero-order valence-corrected chi connectivity index (χ0v) is 17.8. The third-order valence-electron chi connectivity index (χ3n) is 5.19. The van der Waals surface area contributed by atoms with Gasteiger partial charge in [-0.15, -0.1) is 0 Å². The predicted octanol–water partition coefficient (Wildman–Crippen LogP) is 5.27. The molecule has 1 aliphatic rings. The summed E-state index contributed by atoms with van der Waals surface area (Å²) in [6.45, 7) is 7.65. The number of ether oxygens (including phenoxy) is 1. The largest absolute Gasteiger partial charge is 0.507 e. The van der Waals surface area contributed by atoms with Crippen LogP contribution in [0.15, 0.2) is 51.2 Å². The van der Waals surface area contributed by atoms with Gasteiger partial charge in [0.15, 0.2) is 22.5 Å². The summed E-state index contributed by atoms with van der Waals surface area (Å²) in [5.41, 5.74) is 1.77. The summed E-state index contributed by atoms with van der Waals surface area (Å²) in [6, 6.07) is 5.70. The predicted molar refractivity (Wildman–Crippen MR) is 120 cm³/mol. The van der Waals surface area contributed by atoms with Gasteiger partial charge in [0, 0.05) is 23.3 Å². The van der Waals surface area contributed by atoms with Gasteiger partial charge >= 0.3 is 0 Å². The van der Waals surface area contributed by atoms with E-state index in [-0.39, 0.29) is 34.0 Å². The van der Waals surface area contributed by atoms with Gasteiger partial charge in [-0.05, 0) is 58.4 Å². The number of benzene rings is 2. The van der Waals surface area contributed by atoms with Gasteiger partial charge in [0.1, 0.15) is 28.2 Å². The first-order chi connectivity index (χ1) is 14.6. The lowest BCUT2D eigenvalue weighted by Gasteiger charge is -2.28. The Bertz CT molecular complexity index is 1320. The molecule has 0 fully saturated rings. The Morgan fingerprint density at radius 3 is 2.52 bits per heavy atom. The van der Waals surface area contributed by atoms with E-state index < -0.39 is 11.0 Å². The lowest BCUT2D eigenvalue weighted by molar-refractivity contribution is 0.158. The van der Waals surface area contributed by atoms with E-state index in [1.165, 1.54) is 18.2 Å². The average Bonchev–Trinajstić information content (AvgIpc) is 2.67. The minimum absolute atomic E-state index is 0.0585. The van der Waals surface area contributed by atoms with Crippen LogP contribution in [0.1, 0.15) is 38.8 Å². The zero-order valence-electron chi connectivity index (χ0n) is 17.8. The molecule has 2 heterocycles. The minimum atomic E-state index is -0.562. The van der Waals surface area contributed by atoms with E-state index in [1.54, 1.807) is 6.07 Å². The van der Waals surface area contributed by atoms with E-state index in [0.29, 0.717) is 28.9 Å². The quantitative estimate of drug-likeness (QED) is 0.394. The molecule has 3 N–H and O–H groups in total. The van der Waals surface area contributed by atoms with E-state index in [1.807, 2.05) is 45.9 Å². The molecule has 6 nitrogen and oxygen atoms in total. The van der Waals surface area contributed by atoms with E-state index >= 15 is 0 Å². The maximum atomic E-state index is 12.9. The van der Waals surface area contributed by atoms with Crippen LogP contribution in [-0.2, 0) is 6.42 Å². The highest BCUT2D eigenvalue weighted by molar-refractivity contribution is 5.94. The molecule has 31 heavy (non-hydrogen) atoms. The van der Waals surface area contributed by atoms with Crippen LogP contribution in [-0.4, -0.2) is 20.9 Å². The van der Waals surface area contributed by atoms with Gasteiger partial charge in [0.05, 0.1) is 5.56 Å². The maximum Gasteiger partial charge on any atom is 0.197 e. The van der Waals surface area contributed by atoms with Gasteiger partial charge in [-0.25, -0.2) is 0 Å². The van der Waals surface area contributed by atoms with Gasteiger partial charge in [0.25, 0.3) is 0 Å². The van der Waals surface area contributed by atoms with Crippen LogP contribution in [0, 0.1) is 0 Å². The Kier molecular flexibility index (Phi) is 4.81. The molecule has 0 radical (unpaired) electrons. The van der Waals surface area contributed by atoms with Crippen LogP contribution in [0.5, 0.6) is 23.0 Å². The Balaban J connectivity index is 1.94. The van der Waals surface area contributed by atoms with Gasteiger partial charge in [-0.3, -0.25) is 4.79 Å². The maximum absolute atomic E-state index is 12.9.